The van der Waals surface area contributed by atoms with E-state index in [2.05, 4.69) is 4.72 Å². The quantitative estimate of drug-likeness (QED) is 0.395. The van der Waals surface area contributed by atoms with E-state index in [1.54, 1.807) is 24.3 Å². The normalized spacial score (nSPS) is 12.1. The van der Waals surface area contributed by atoms with E-state index in [1.165, 1.54) is 0 Å². The average Bonchev–Trinajstić information content (AvgIpc) is 2.47. The highest BCUT2D eigenvalue weighted by molar-refractivity contribution is 8.05. The minimum atomic E-state index is -4.46. The van der Waals surface area contributed by atoms with Crippen LogP contribution in [0.1, 0.15) is 5.56 Å². The fourth-order valence-electron chi connectivity index (χ4n) is 1.59. The molecule has 0 aromatic heterocycles. The topological polar surface area (TPSA) is 21.3 Å². The molecule has 0 atom stereocenters. The van der Waals surface area contributed by atoms with Crippen LogP contribution in [0, 0.1) is 0 Å². The number of halogens is 7. The second-order valence-corrected chi connectivity index (χ2v) is 8.80. The van der Waals surface area contributed by atoms with Crippen molar-refractivity contribution >= 4 is 64.0 Å². The van der Waals surface area contributed by atoms with Gasteiger partial charge in [-0.25, -0.2) is 0 Å². The number of anilines is 1. The third kappa shape index (κ3) is 6.01. The minimum Gasteiger partial charge on any atom is -0.456 e. The summed E-state index contributed by atoms with van der Waals surface area (Å²) in [6, 6.07) is 9.35. The number of rotatable bonds is 4. The van der Waals surface area contributed by atoms with Crippen molar-refractivity contribution in [2.24, 2.45) is 0 Å². The molecule has 0 bridgehead atoms. The van der Waals surface area contributed by atoms with Crippen LogP contribution in [0.5, 0.6) is 11.5 Å². The van der Waals surface area contributed by atoms with Gasteiger partial charge in [-0.1, -0.05) is 46.4 Å². The van der Waals surface area contributed by atoms with Crippen molar-refractivity contribution in [1.29, 1.82) is 0 Å². The zero-order valence-electron chi connectivity index (χ0n) is 11.5. The lowest BCUT2D eigenvalue weighted by atomic mass is 10.2. The number of alkyl halides is 6. The minimum absolute atomic E-state index is 0.112. The highest BCUT2D eigenvalue weighted by Gasteiger charge is 2.31. The van der Waals surface area contributed by atoms with Crippen molar-refractivity contribution in [3.05, 3.63) is 53.1 Å². The first-order valence-corrected chi connectivity index (χ1v) is 8.53. The Morgan fingerprint density at radius 1 is 0.958 bits per heavy atom. The SMILES string of the molecule is FC(F)(F)c1ccc(Oc2ccc(NSC(Cl)(Cl)Cl)cc2)c(Cl)c1. The molecule has 0 fully saturated rings. The van der Waals surface area contributed by atoms with E-state index < -0.39 is 14.9 Å². The summed E-state index contributed by atoms with van der Waals surface area (Å²) in [5.74, 6) is 0.502. The Bertz CT molecular complexity index is 705. The smallest absolute Gasteiger partial charge is 0.416 e. The van der Waals surface area contributed by atoms with Gasteiger partial charge < -0.3 is 9.46 Å². The molecule has 2 nitrogen and oxygen atoms in total. The van der Waals surface area contributed by atoms with Gasteiger partial charge in [-0.15, -0.1) is 0 Å². The van der Waals surface area contributed by atoms with Crippen LogP contribution < -0.4 is 9.46 Å². The second-order valence-electron chi connectivity index (χ2n) is 4.42. The van der Waals surface area contributed by atoms with Gasteiger partial charge in [-0.3, -0.25) is 0 Å². The van der Waals surface area contributed by atoms with Crippen LogP contribution in [0.25, 0.3) is 0 Å². The van der Waals surface area contributed by atoms with E-state index >= 15 is 0 Å². The summed E-state index contributed by atoms with van der Waals surface area (Å²) in [5.41, 5.74) is -0.194. The standard InChI is InChI=1S/C14H8Cl4F3NOS/c15-11-7-8(13(19,20)21)1-6-12(11)23-10-4-2-9(3-5-10)22-24-14(16,17)18/h1-7,22H. The highest BCUT2D eigenvalue weighted by Crippen LogP contribution is 2.39. The van der Waals surface area contributed by atoms with Crippen molar-refractivity contribution in [1.82, 2.24) is 0 Å². The maximum Gasteiger partial charge on any atom is 0.416 e. The fraction of sp³-hybridized carbons (Fsp3) is 0.143. The summed E-state index contributed by atoms with van der Waals surface area (Å²) in [5, 5.41) is -0.140. The maximum atomic E-state index is 12.6. The Labute approximate surface area is 160 Å². The van der Waals surface area contributed by atoms with Gasteiger partial charge in [0.1, 0.15) is 11.5 Å². The zero-order chi connectivity index (χ0) is 18.0. The number of nitrogens with one attached hydrogen (secondary N) is 1. The molecule has 2 rings (SSSR count). The predicted octanol–water partition coefficient (Wildman–Crippen LogP) is 7.54. The Morgan fingerprint density at radius 2 is 1.58 bits per heavy atom. The van der Waals surface area contributed by atoms with Crippen molar-refractivity contribution in [2.75, 3.05) is 4.72 Å². The van der Waals surface area contributed by atoms with Crippen LogP contribution in [0.3, 0.4) is 0 Å². The van der Waals surface area contributed by atoms with Gasteiger partial charge in [0.15, 0.2) is 0 Å². The van der Waals surface area contributed by atoms with Crippen LogP contribution in [0.2, 0.25) is 5.02 Å². The lowest BCUT2D eigenvalue weighted by Crippen LogP contribution is -2.04. The molecule has 0 radical (unpaired) electrons. The van der Waals surface area contributed by atoms with E-state index in [1.807, 2.05) is 0 Å². The Hall–Kier alpha value is -0.660. The summed E-state index contributed by atoms with van der Waals surface area (Å²) < 4.78 is 44.6. The number of benzene rings is 2. The monoisotopic (exact) mass is 435 g/mol. The van der Waals surface area contributed by atoms with Gasteiger partial charge in [0, 0.05) is 17.6 Å². The second kappa shape index (κ2) is 7.70. The molecule has 0 aliphatic rings. The molecular weight excluding hydrogens is 429 g/mol. The van der Waals surface area contributed by atoms with Crippen LogP contribution in [-0.4, -0.2) is 3.12 Å². The summed E-state index contributed by atoms with van der Waals surface area (Å²) >= 11 is 23.5. The van der Waals surface area contributed by atoms with Crippen molar-refractivity contribution in [2.45, 2.75) is 9.30 Å². The Morgan fingerprint density at radius 3 is 2.08 bits per heavy atom. The van der Waals surface area contributed by atoms with E-state index in [-0.39, 0.29) is 10.8 Å². The molecule has 0 saturated carbocycles. The summed E-state index contributed by atoms with van der Waals surface area (Å²) in [6.45, 7) is 0. The van der Waals surface area contributed by atoms with Gasteiger partial charge in [0.05, 0.1) is 10.6 Å². The molecule has 24 heavy (non-hydrogen) atoms. The van der Waals surface area contributed by atoms with E-state index in [0.29, 0.717) is 11.4 Å². The van der Waals surface area contributed by atoms with Gasteiger partial charge in [0.2, 0.25) is 0 Å². The first-order valence-electron chi connectivity index (χ1n) is 6.20. The number of ether oxygens (including phenoxy) is 1. The summed E-state index contributed by atoms with van der Waals surface area (Å²) in [6.07, 6.45) is -4.46. The molecule has 2 aromatic carbocycles. The van der Waals surface area contributed by atoms with E-state index in [9.17, 15) is 13.2 Å². The summed E-state index contributed by atoms with van der Waals surface area (Å²) in [4.78, 5) is 0. The zero-order valence-corrected chi connectivity index (χ0v) is 15.3. The number of hydrogen-bond donors (Lipinski definition) is 1. The highest BCUT2D eigenvalue weighted by atomic mass is 35.6. The molecule has 0 heterocycles. The van der Waals surface area contributed by atoms with Gasteiger partial charge >= 0.3 is 6.18 Å². The van der Waals surface area contributed by atoms with Crippen LogP contribution in [0.4, 0.5) is 18.9 Å². The molecule has 0 unspecified atom stereocenters. The van der Waals surface area contributed by atoms with Crippen LogP contribution in [0.15, 0.2) is 42.5 Å². The van der Waals surface area contributed by atoms with Crippen LogP contribution >= 0.6 is 58.4 Å². The molecule has 0 aliphatic heterocycles. The molecule has 0 aliphatic carbocycles. The third-order valence-corrected chi connectivity index (χ3v) is 4.18. The van der Waals surface area contributed by atoms with Gasteiger partial charge in [-0.2, -0.15) is 13.2 Å². The summed E-state index contributed by atoms with van der Waals surface area (Å²) in [7, 11) is 0. The first-order chi connectivity index (χ1) is 11.0. The molecule has 1 N–H and O–H groups in total. The molecule has 0 spiro atoms. The molecular formula is C14H8Cl4F3NOS. The van der Waals surface area contributed by atoms with Crippen molar-refractivity contribution in [3.8, 4) is 11.5 Å². The molecule has 2 aromatic rings. The van der Waals surface area contributed by atoms with E-state index in [0.717, 1.165) is 30.1 Å². The first kappa shape index (κ1) is 19.7. The van der Waals surface area contributed by atoms with Crippen molar-refractivity contribution in [3.63, 3.8) is 0 Å². The average molecular weight is 437 g/mol. The molecule has 10 heteroatoms. The third-order valence-electron chi connectivity index (χ3n) is 2.63. The van der Waals surface area contributed by atoms with Crippen LogP contribution in [-0.2, 0) is 6.18 Å². The van der Waals surface area contributed by atoms with Crippen molar-refractivity contribution < 1.29 is 17.9 Å². The van der Waals surface area contributed by atoms with Gasteiger partial charge in [-0.05, 0) is 42.5 Å². The molecule has 0 saturated heterocycles. The molecule has 130 valence electrons. The molecule has 0 amide bonds. The van der Waals surface area contributed by atoms with E-state index in [4.69, 9.17) is 51.1 Å². The Balaban J connectivity index is 2.06. The van der Waals surface area contributed by atoms with Gasteiger partial charge in [0.25, 0.3) is 3.12 Å². The fourth-order valence-corrected chi connectivity index (χ4v) is 2.53. The number of hydrogen-bond acceptors (Lipinski definition) is 3. The Kier molecular flexibility index (Phi) is 6.31. The lowest BCUT2D eigenvalue weighted by Gasteiger charge is -2.13. The predicted molar refractivity (Wildman–Crippen MR) is 94.5 cm³/mol. The lowest BCUT2D eigenvalue weighted by molar-refractivity contribution is -0.137. The maximum absolute atomic E-state index is 12.6. The largest absolute Gasteiger partial charge is 0.456 e.